The maximum absolute atomic E-state index is 9.59. The Balaban J connectivity index is 1.91. The van der Waals surface area contributed by atoms with Crippen molar-refractivity contribution < 1.29 is 14.4 Å². The Kier molecular flexibility index (Phi) is 3.59. The fraction of sp³-hybridized carbons (Fsp3) is 0.143. The molecular formula is C14H13N3O3S. The van der Waals surface area contributed by atoms with Crippen molar-refractivity contribution in [3.05, 3.63) is 46.5 Å². The number of hydrogen-bond acceptors (Lipinski definition) is 7. The van der Waals surface area contributed by atoms with Crippen LogP contribution < -0.4 is 10.5 Å². The van der Waals surface area contributed by atoms with E-state index >= 15 is 0 Å². The van der Waals surface area contributed by atoms with E-state index in [0.29, 0.717) is 23.0 Å². The number of thiophene rings is 1. The van der Waals surface area contributed by atoms with Crippen molar-refractivity contribution in [1.82, 2.24) is 10.1 Å². The number of aromatic hydroxyl groups is 1. The molecule has 0 aliphatic carbocycles. The first-order valence-electron chi connectivity index (χ1n) is 6.19. The molecule has 3 rings (SSSR count). The molecule has 0 spiro atoms. The molecule has 108 valence electrons. The highest BCUT2D eigenvalue weighted by molar-refractivity contribution is 7.10. The molecule has 3 aromatic rings. The van der Waals surface area contributed by atoms with Gasteiger partial charge in [-0.25, -0.2) is 0 Å². The Morgan fingerprint density at radius 3 is 2.95 bits per heavy atom. The van der Waals surface area contributed by atoms with E-state index in [1.54, 1.807) is 12.1 Å². The van der Waals surface area contributed by atoms with E-state index in [9.17, 15) is 5.11 Å². The number of rotatable bonds is 4. The second kappa shape index (κ2) is 5.55. The van der Waals surface area contributed by atoms with Gasteiger partial charge in [0.15, 0.2) is 11.5 Å². The number of methoxy groups -OCH3 is 1. The molecule has 21 heavy (non-hydrogen) atoms. The van der Waals surface area contributed by atoms with Gasteiger partial charge in [0.05, 0.1) is 7.11 Å². The summed E-state index contributed by atoms with van der Waals surface area (Å²) < 4.78 is 10.3. The molecule has 0 aliphatic rings. The van der Waals surface area contributed by atoms with Crippen molar-refractivity contribution in [2.24, 2.45) is 5.73 Å². The third-order valence-electron chi connectivity index (χ3n) is 3.00. The summed E-state index contributed by atoms with van der Waals surface area (Å²) in [6.45, 7) is 0. The Morgan fingerprint density at radius 2 is 2.24 bits per heavy atom. The van der Waals surface area contributed by atoms with Crippen molar-refractivity contribution >= 4 is 11.3 Å². The highest BCUT2D eigenvalue weighted by Crippen LogP contribution is 2.31. The van der Waals surface area contributed by atoms with Gasteiger partial charge in [-0.15, -0.1) is 11.3 Å². The van der Waals surface area contributed by atoms with Crippen molar-refractivity contribution in [3.63, 3.8) is 0 Å². The molecule has 0 saturated heterocycles. The van der Waals surface area contributed by atoms with Gasteiger partial charge >= 0.3 is 0 Å². The smallest absolute Gasteiger partial charge is 0.249 e. The molecule has 6 nitrogen and oxygen atoms in total. The van der Waals surface area contributed by atoms with Crippen LogP contribution >= 0.6 is 11.3 Å². The summed E-state index contributed by atoms with van der Waals surface area (Å²) >= 11 is 1.53. The summed E-state index contributed by atoms with van der Waals surface area (Å²) in [6, 6.07) is 8.24. The van der Waals surface area contributed by atoms with E-state index in [1.807, 2.05) is 17.5 Å². The predicted octanol–water partition coefficient (Wildman–Crippen LogP) is 2.56. The van der Waals surface area contributed by atoms with E-state index < -0.39 is 6.04 Å². The Labute approximate surface area is 124 Å². The van der Waals surface area contributed by atoms with Gasteiger partial charge < -0.3 is 20.1 Å². The quantitative estimate of drug-likeness (QED) is 0.769. The van der Waals surface area contributed by atoms with Gasteiger partial charge in [0, 0.05) is 10.4 Å². The topological polar surface area (TPSA) is 94.4 Å². The highest BCUT2D eigenvalue weighted by atomic mass is 32.1. The zero-order chi connectivity index (χ0) is 14.8. The second-order valence-electron chi connectivity index (χ2n) is 4.34. The molecule has 2 heterocycles. The van der Waals surface area contributed by atoms with Crippen molar-refractivity contribution in [1.29, 1.82) is 0 Å². The summed E-state index contributed by atoms with van der Waals surface area (Å²) in [4.78, 5) is 5.26. The van der Waals surface area contributed by atoms with Crippen LogP contribution in [0.3, 0.4) is 0 Å². The van der Waals surface area contributed by atoms with Crippen LogP contribution in [0.15, 0.2) is 40.2 Å². The number of nitrogens with two attached hydrogens (primary N) is 1. The fourth-order valence-electron chi connectivity index (χ4n) is 1.89. The van der Waals surface area contributed by atoms with Gasteiger partial charge in [-0.05, 0) is 29.6 Å². The molecule has 0 bridgehead atoms. The molecule has 1 aromatic carbocycles. The summed E-state index contributed by atoms with van der Waals surface area (Å²) in [5.74, 6) is 1.15. The standard InChI is InChI=1S/C14H13N3O3S/c1-19-10-7-8(4-5-9(10)18)13-16-14(20-17-13)12(15)11-3-2-6-21-11/h2-7,12,18H,15H2,1H3. The lowest BCUT2D eigenvalue weighted by Crippen LogP contribution is -2.10. The Morgan fingerprint density at radius 1 is 1.38 bits per heavy atom. The zero-order valence-corrected chi connectivity index (χ0v) is 12.0. The lowest BCUT2D eigenvalue weighted by molar-refractivity contribution is 0.368. The molecule has 0 saturated carbocycles. The molecule has 2 aromatic heterocycles. The first kappa shape index (κ1) is 13.6. The van der Waals surface area contributed by atoms with Gasteiger partial charge in [0.25, 0.3) is 0 Å². The number of benzene rings is 1. The first-order valence-corrected chi connectivity index (χ1v) is 7.07. The molecule has 0 fully saturated rings. The number of nitrogens with zero attached hydrogens (tertiary/aromatic N) is 2. The van der Waals surface area contributed by atoms with Gasteiger partial charge in [0.1, 0.15) is 6.04 Å². The monoisotopic (exact) mass is 303 g/mol. The molecule has 0 aliphatic heterocycles. The van der Waals surface area contributed by atoms with E-state index in [4.69, 9.17) is 15.0 Å². The molecular weight excluding hydrogens is 290 g/mol. The van der Waals surface area contributed by atoms with Crippen LogP contribution in [0.4, 0.5) is 0 Å². The number of hydrogen-bond donors (Lipinski definition) is 2. The SMILES string of the molecule is COc1cc(-c2noc(C(N)c3cccs3)n2)ccc1O. The molecule has 1 unspecified atom stereocenters. The van der Waals surface area contributed by atoms with E-state index in [2.05, 4.69) is 10.1 Å². The largest absolute Gasteiger partial charge is 0.504 e. The van der Waals surface area contributed by atoms with Gasteiger partial charge in [-0.2, -0.15) is 4.98 Å². The number of ether oxygens (including phenoxy) is 1. The van der Waals surface area contributed by atoms with E-state index in [1.165, 1.54) is 24.5 Å². The maximum atomic E-state index is 9.59. The molecule has 0 amide bonds. The summed E-state index contributed by atoms with van der Waals surface area (Å²) in [5.41, 5.74) is 6.76. The minimum absolute atomic E-state index is 0.0558. The minimum Gasteiger partial charge on any atom is -0.504 e. The highest BCUT2D eigenvalue weighted by Gasteiger charge is 2.18. The molecule has 0 radical (unpaired) electrons. The molecule has 1 atom stereocenters. The van der Waals surface area contributed by atoms with Gasteiger partial charge in [0.2, 0.25) is 11.7 Å². The molecule has 3 N–H and O–H groups in total. The normalized spacial score (nSPS) is 12.3. The lowest BCUT2D eigenvalue weighted by Gasteiger charge is -2.04. The van der Waals surface area contributed by atoms with Crippen molar-refractivity contribution in [2.45, 2.75) is 6.04 Å². The minimum atomic E-state index is -0.440. The lowest BCUT2D eigenvalue weighted by atomic mass is 10.2. The zero-order valence-electron chi connectivity index (χ0n) is 11.2. The maximum Gasteiger partial charge on any atom is 0.249 e. The van der Waals surface area contributed by atoms with Gasteiger partial charge in [-0.3, -0.25) is 0 Å². The second-order valence-corrected chi connectivity index (χ2v) is 5.32. The Hall–Kier alpha value is -2.38. The predicted molar refractivity (Wildman–Crippen MR) is 78.3 cm³/mol. The summed E-state index contributed by atoms with van der Waals surface area (Å²) in [6.07, 6.45) is 0. The van der Waals surface area contributed by atoms with Crippen LogP contribution in [-0.4, -0.2) is 22.4 Å². The fourth-order valence-corrected chi connectivity index (χ4v) is 2.60. The van der Waals surface area contributed by atoms with Crippen molar-refractivity contribution in [2.75, 3.05) is 7.11 Å². The van der Waals surface area contributed by atoms with Crippen LogP contribution in [0.2, 0.25) is 0 Å². The van der Waals surface area contributed by atoms with Gasteiger partial charge in [-0.1, -0.05) is 11.2 Å². The summed E-state index contributed by atoms with van der Waals surface area (Å²) in [7, 11) is 1.48. The van der Waals surface area contributed by atoms with E-state index in [-0.39, 0.29) is 5.75 Å². The van der Waals surface area contributed by atoms with Crippen LogP contribution in [-0.2, 0) is 0 Å². The van der Waals surface area contributed by atoms with Crippen LogP contribution in [0.25, 0.3) is 11.4 Å². The third kappa shape index (κ3) is 2.61. The number of phenols is 1. The van der Waals surface area contributed by atoms with Crippen LogP contribution in [0, 0.1) is 0 Å². The van der Waals surface area contributed by atoms with Crippen LogP contribution in [0.5, 0.6) is 11.5 Å². The van der Waals surface area contributed by atoms with Crippen LogP contribution in [0.1, 0.15) is 16.8 Å². The average molecular weight is 303 g/mol. The number of phenolic OH excluding ortho intramolecular Hbond substituents is 1. The summed E-state index contributed by atoms with van der Waals surface area (Å²) in [5, 5.41) is 15.5. The van der Waals surface area contributed by atoms with Crippen molar-refractivity contribution in [3.8, 4) is 22.9 Å². The van der Waals surface area contributed by atoms with E-state index in [0.717, 1.165) is 4.88 Å². The third-order valence-corrected chi connectivity index (χ3v) is 3.95. The number of aromatic nitrogens is 2. The average Bonchev–Trinajstić information content (AvgIpc) is 3.18. The molecule has 7 heteroatoms. The first-order chi connectivity index (χ1) is 10.2. The Bertz CT molecular complexity index is 740.